The SMILES string of the molecule is Cc1[nH]c(=O)c(C#N)cc1-c1cc(C)n(C)n1. The maximum Gasteiger partial charge on any atom is 0.266 e. The molecule has 2 heterocycles. The summed E-state index contributed by atoms with van der Waals surface area (Å²) >= 11 is 0. The van der Waals surface area contributed by atoms with E-state index in [1.165, 1.54) is 0 Å². The van der Waals surface area contributed by atoms with Crippen LogP contribution in [0.2, 0.25) is 0 Å². The summed E-state index contributed by atoms with van der Waals surface area (Å²) in [6.07, 6.45) is 0. The summed E-state index contributed by atoms with van der Waals surface area (Å²) in [6.45, 7) is 3.74. The van der Waals surface area contributed by atoms with E-state index in [0.717, 1.165) is 17.0 Å². The van der Waals surface area contributed by atoms with Gasteiger partial charge in [-0.15, -0.1) is 0 Å². The van der Waals surface area contributed by atoms with Crippen LogP contribution in [0.25, 0.3) is 11.3 Å². The molecule has 1 N–H and O–H groups in total. The second kappa shape index (κ2) is 3.91. The van der Waals surface area contributed by atoms with Crippen LogP contribution in [0.5, 0.6) is 0 Å². The lowest BCUT2D eigenvalue weighted by Crippen LogP contribution is -2.12. The quantitative estimate of drug-likeness (QED) is 0.798. The van der Waals surface area contributed by atoms with Gasteiger partial charge in [-0.3, -0.25) is 9.48 Å². The highest BCUT2D eigenvalue weighted by molar-refractivity contribution is 5.63. The number of pyridine rings is 1. The minimum atomic E-state index is -0.360. The Morgan fingerprint density at radius 3 is 2.65 bits per heavy atom. The fourth-order valence-corrected chi connectivity index (χ4v) is 1.66. The minimum Gasteiger partial charge on any atom is -0.325 e. The number of nitrogens with zero attached hydrogens (tertiary/aromatic N) is 3. The van der Waals surface area contributed by atoms with Gasteiger partial charge >= 0.3 is 0 Å². The third-order valence-corrected chi connectivity index (χ3v) is 2.75. The average molecular weight is 228 g/mol. The molecule has 0 bridgehead atoms. The predicted molar refractivity (Wildman–Crippen MR) is 63.5 cm³/mol. The molecule has 0 aliphatic rings. The van der Waals surface area contributed by atoms with Gasteiger partial charge in [0.25, 0.3) is 5.56 Å². The number of nitriles is 1. The monoisotopic (exact) mass is 228 g/mol. The molecule has 0 aliphatic heterocycles. The third-order valence-electron chi connectivity index (χ3n) is 2.75. The van der Waals surface area contributed by atoms with Gasteiger partial charge in [-0.2, -0.15) is 10.4 Å². The van der Waals surface area contributed by atoms with Crippen molar-refractivity contribution in [1.29, 1.82) is 5.26 Å². The first-order valence-corrected chi connectivity index (χ1v) is 5.18. The molecule has 0 atom stereocenters. The lowest BCUT2D eigenvalue weighted by atomic mass is 10.1. The molecular formula is C12H12N4O. The van der Waals surface area contributed by atoms with Crippen LogP contribution in [0.1, 0.15) is 17.0 Å². The zero-order valence-electron chi connectivity index (χ0n) is 9.90. The standard InChI is InChI=1S/C12H12N4O/c1-7-4-11(15-16(7)3)10-5-9(6-13)12(17)14-8(10)2/h4-5H,1-3H3,(H,14,17). The first kappa shape index (κ1) is 11.1. The number of hydrogen-bond acceptors (Lipinski definition) is 3. The van der Waals surface area contributed by atoms with Crippen molar-refractivity contribution in [2.45, 2.75) is 13.8 Å². The van der Waals surface area contributed by atoms with E-state index in [4.69, 9.17) is 5.26 Å². The molecule has 2 aromatic rings. The van der Waals surface area contributed by atoms with Crippen molar-refractivity contribution in [3.8, 4) is 17.3 Å². The van der Waals surface area contributed by atoms with Crippen molar-refractivity contribution in [3.63, 3.8) is 0 Å². The molecular weight excluding hydrogens is 216 g/mol. The minimum absolute atomic E-state index is 0.105. The van der Waals surface area contributed by atoms with Gasteiger partial charge in [-0.25, -0.2) is 0 Å². The molecule has 2 rings (SSSR count). The highest BCUT2D eigenvalue weighted by Gasteiger charge is 2.10. The molecule has 17 heavy (non-hydrogen) atoms. The fraction of sp³-hybridized carbons (Fsp3) is 0.250. The van der Waals surface area contributed by atoms with Crippen molar-refractivity contribution >= 4 is 0 Å². The fourth-order valence-electron chi connectivity index (χ4n) is 1.66. The van der Waals surface area contributed by atoms with Crippen LogP contribution in [0.4, 0.5) is 0 Å². The maximum atomic E-state index is 11.4. The topological polar surface area (TPSA) is 74.5 Å². The van der Waals surface area contributed by atoms with E-state index in [9.17, 15) is 4.79 Å². The van der Waals surface area contributed by atoms with Gasteiger partial charge in [0.1, 0.15) is 11.6 Å². The number of aromatic amines is 1. The van der Waals surface area contributed by atoms with E-state index in [-0.39, 0.29) is 11.1 Å². The van der Waals surface area contributed by atoms with Gasteiger partial charge in [0.15, 0.2) is 0 Å². The van der Waals surface area contributed by atoms with Crippen molar-refractivity contribution in [2.24, 2.45) is 7.05 Å². The van der Waals surface area contributed by atoms with Crippen LogP contribution in [-0.4, -0.2) is 14.8 Å². The van der Waals surface area contributed by atoms with Crippen LogP contribution >= 0.6 is 0 Å². The van der Waals surface area contributed by atoms with Gasteiger partial charge in [0.2, 0.25) is 0 Å². The average Bonchev–Trinajstić information content (AvgIpc) is 2.59. The number of rotatable bonds is 1. The van der Waals surface area contributed by atoms with Gasteiger partial charge in [0.05, 0.1) is 5.69 Å². The van der Waals surface area contributed by atoms with E-state index in [1.807, 2.05) is 26.1 Å². The first-order chi connectivity index (χ1) is 8.02. The molecule has 5 nitrogen and oxygen atoms in total. The summed E-state index contributed by atoms with van der Waals surface area (Å²) in [4.78, 5) is 14.1. The Labute approximate surface area is 98.3 Å². The Morgan fingerprint density at radius 1 is 1.41 bits per heavy atom. The van der Waals surface area contributed by atoms with E-state index >= 15 is 0 Å². The van der Waals surface area contributed by atoms with E-state index in [0.29, 0.717) is 5.69 Å². The molecule has 0 aromatic carbocycles. The molecule has 5 heteroatoms. The molecule has 0 aliphatic carbocycles. The number of aryl methyl sites for hydroxylation is 3. The van der Waals surface area contributed by atoms with E-state index in [1.54, 1.807) is 17.7 Å². The maximum absolute atomic E-state index is 11.4. The Balaban J connectivity index is 2.68. The molecule has 0 fully saturated rings. The summed E-state index contributed by atoms with van der Waals surface area (Å²) in [6, 6.07) is 5.37. The van der Waals surface area contributed by atoms with Crippen molar-refractivity contribution in [2.75, 3.05) is 0 Å². The Bertz CT molecular complexity index is 653. The van der Waals surface area contributed by atoms with Gasteiger partial charge in [-0.05, 0) is 26.0 Å². The Kier molecular flexibility index (Phi) is 2.56. The molecule has 0 spiro atoms. The second-order valence-electron chi connectivity index (χ2n) is 3.96. The van der Waals surface area contributed by atoms with Crippen molar-refractivity contribution in [1.82, 2.24) is 14.8 Å². The van der Waals surface area contributed by atoms with Gasteiger partial charge < -0.3 is 4.98 Å². The molecule has 0 amide bonds. The van der Waals surface area contributed by atoms with E-state index in [2.05, 4.69) is 10.1 Å². The number of H-pyrrole nitrogens is 1. The van der Waals surface area contributed by atoms with Crippen LogP contribution in [0.3, 0.4) is 0 Å². The van der Waals surface area contributed by atoms with Crippen molar-refractivity contribution in [3.05, 3.63) is 39.4 Å². The van der Waals surface area contributed by atoms with E-state index < -0.39 is 0 Å². The first-order valence-electron chi connectivity index (χ1n) is 5.18. The highest BCUT2D eigenvalue weighted by Crippen LogP contribution is 2.20. The molecule has 0 saturated carbocycles. The summed E-state index contributed by atoms with van der Waals surface area (Å²) in [7, 11) is 1.85. The molecule has 2 aromatic heterocycles. The summed E-state index contributed by atoms with van der Waals surface area (Å²) < 4.78 is 1.76. The lowest BCUT2D eigenvalue weighted by molar-refractivity contribution is 0.742. The Hall–Kier alpha value is -2.35. The zero-order chi connectivity index (χ0) is 12.6. The number of aromatic nitrogens is 3. The molecule has 0 radical (unpaired) electrons. The molecule has 0 saturated heterocycles. The zero-order valence-corrected chi connectivity index (χ0v) is 9.90. The number of nitrogens with one attached hydrogen (secondary N) is 1. The second-order valence-corrected chi connectivity index (χ2v) is 3.96. The Morgan fingerprint density at radius 2 is 2.12 bits per heavy atom. The highest BCUT2D eigenvalue weighted by atomic mass is 16.1. The smallest absolute Gasteiger partial charge is 0.266 e. The van der Waals surface area contributed by atoms with Crippen LogP contribution in [0.15, 0.2) is 16.9 Å². The molecule has 86 valence electrons. The predicted octanol–water partition coefficient (Wildman–Crippen LogP) is 1.26. The molecule has 0 unspecified atom stereocenters. The number of hydrogen-bond donors (Lipinski definition) is 1. The van der Waals surface area contributed by atoms with Crippen LogP contribution in [-0.2, 0) is 7.05 Å². The normalized spacial score (nSPS) is 10.2. The third kappa shape index (κ3) is 1.85. The summed E-state index contributed by atoms with van der Waals surface area (Å²) in [5.74, 6) is 0. The van der Waals surface area contributed by atoms with Crippen molar-refractivity contribution < 1.29 is 0 Å². The lowest BCUT2D eigenvalue weighted by Gasteiger charge is -2.02. The summed E-state index contributed by atoms with van der Waals surface area (Å²) in [5.41, 5.74) is 3.02. The van der Waals surface area contributed by atoms with Gasteiger partial charge in [0, 0.05) is 24.0 Å². The van der Waals surface area contributed by atoms with Crippen LogP contribution < -0.4 is 5.56 Å². The largest absolute Gasteiger partial charge is 0.325 e. The van der Waals surface area contributed by atoms with Crippen LogP contribution in [0, 0.1) is 25.2 Å². The summed E-state index contributed by atoms with van der Waals surface area (Å²) in [5, 5.41) is 13.2. The van der Waals surface area contributed by atoms with Gasteiger partial charge in [-0.1, -0.05) is 0 Å².